The fraction of sp³-hybridized carbons (Fsp3) is 0.167. The van der Waals surface area contributed by atoms with Crippen LogP contribution in [0.1, 0.15) is 27.7 Å². The highest BCUT2D eigenvalue weighted by Gasteiger charge is 2.52. The molecule has 0 radical (unpaired) electrons. The van der Waals surface area contributed by atoms with E-state index in [1.54, 1.807) is 0 Å². The molecule has 39 heavy (non-hydrogen) atoms. The third-order valence-corrected chi connectivity index (χ3v) is 8.74. The van der Waals surface area contributed by atoms with Crippen molar-refractivity contribution < 1.29 is 9.31 Å². The zero-order valence-electron chi connectivity index (χ0n) is 22.9. The molecule has 0 aliphatic carbocycles. The van der Waals surface area contributed by atoms with Gasteiger partial charge in [-0.1, -0.05) is 115 Å². The zero-order chi connectivity index (χ0) is 26.8. The summed E-state index contributed by atoms with van der Waals surface area (Å²) in [6, 6.07) is 41.6. The smallest absolute Gasteiger partial charge is 0.399 e. The van der Waals surface area contributed by atoms with Crippen molar-refractivity contribution in [3.63, 3.8) is 0 Å². The summed E-state index contributed by atoms with van der Waals surface area (Å²) >= 11 is 0. The van der Waals surface area contributed by atoms with E-state index in [1.807, 2.05) is 0 Å². The summed E-state index contributed by atoms with van der Waals surface area (Å²) in [6.07, 6.45) is 0. The van der Waals surface area contributed by atoms with Crippen molar-refractivity contribution >= 4 is 66.4 Å². The minimum Gasteiger partial charge on any atom is -0.399 e. The van der Waals surface area contributed by atoms with Crippen LogP contribution in [0.2, 0.25) is 0 Å². The molecule has 6 aromatic carbocycles. The summed E-state index contributed by atoms with van der Waals surface area (Å²) in [4.78, 5) is 0. The van der Waals surface area contributed by atoms with Crippen molar-refractivity contribution in [2.75, 3.05) is 0 Å². The van der Waals surface area contributed by atoms with Crippen LogP contribution < -0.4 is 5.46 Å². The molecule has 7 rings (SSSR count). The first-order valence-electron chi connectivity index (χ1n) is 13.7. The standard InChI is InChI=1S/C36H31BO2/c1-35(2)36(3,4)39-37(38-35)33-23-13-22-32-30-19-10-9-18-28(30)26-15-6-5-14-24(26)25-16-7-8-17-27(25)29-20-11-12-21-31(29)34(32)33/h5-23H,1-4H3. The summed E-state index contributed by atoms with van der Waals surface area (Å²) in [6.45, 7) is 8.47. The van der Waals surface area contributed by atoms with Crippen LogP contribution in [0.5, 0.6) is 0 Å². The third kappa shape index (κ3) is 3.72. The molecule has 0 saturated carbocycles. The van der Waals surface area contributed by atoms with Crippen molar-refractivity contribution in [3.05, 3.63) is 115 Å². The Morgan fingerprint density at radius 1 is 0.385 bits per heavy atom. The summed E-state index contributed by atoms with van der Waals surface area (Å²) in [7, 11) is -0.476. The monoisotopic (exact) mass is 506 g/mol. The van der Waals surface area contributed by atoms with E-state index in [0.717, 1.165) is 10.8 Å². The molecule has 0 unspecified atom stereocenters. The molecule has 0 bridgehead atoms. The number of benzene rings is 5. The first-order chi connectivity index (χ1) is 18.9. The van der Waals surface area contributed by atoms with Gasteiger partial charge in [-0.3, -0.25) is 0 Å². The lowest BCUT2D eigenvalue weighted by atomic mass is 9.75. The molecule has 1 fully saturated rings. The van der Waals surface area contributed by atoms with Gasteiger partial charge in [0.15, 0.2) is 0 Å². The molecule has 0 spiro atoms. The molecule has 1 saturated heterocycles. The Morgan fingerprint density at radius 3 is 1.03 bits per heavy atom. The molecule has 1 aliphatic heterocycles. The van der Waals surface area contributed by atoms with Crippen LogP contribution in [-0.2, 0) is 9.31 Å². The second kappa shape index (κ2) is 8.81. The Bertz CT molecular complexity index is 1890. The molecule has 0 N–H and O–H groups in total. The van der Waals surface area contributed by atoms with Gasteiger partial charge < -0.3 is 9.31 Å². The van der Waals surface area contributed by atoms with E-state index in [1.165, 1.54) is 48.5 Å². The molecule has 0 aromatic heterocycles. The fourth-order valence-electron chi connectivity index (χ4n) is 6.06. The van der Waals surface area contributed by atoms with Crippen molar-refractivity contribution in [2.45, 2.75) is 38.9 Å². The van der Waals surface area contributed by atoms with E-state index < -0.39 is 18.3 Å². The van der Waals surface area contributed by atoms with Gasteiger partial charge in [0.05, 0.1) is 11.2 Å². The minimum absolute atomic E-state index is 0.431. The Labute approximate surface area is 229 Å². The number of fused-ring (bicyclic) bond motifs is 10. The normalized spacial score (nSPS) is 16.4. The fourth-order valence-corrected chi connectivity index (χ4v) is 6.06. The van der Waals surface area contributed by atoms with Gasteiger partial charge in [0.2, 0.25) is 0 Å². The molecule has 6 aromatic rings. The van der Waals surface area contributed by atoms with Crippen molar-refractivity contribution in [1.82, 2.24) is 0 Å². The lowest BCUT2D eigenvalue weighted by Gasteiger charge is -2.32. The zero-order valence-corrected chi connectivity index (χ0v) is 22.9. The summed E-state index contributed by atoms with van der Waals surface area (Å²) < 4.78 is 13.3. The maximum Gasteiger partial charge on any atom is 0.495 e. The van der Waals surface area contributed by atoms with Crippen LogP contribution in [0.4, 0.5) is 0 Å². The van der Waals surface area contributed by atoms with E-state index in [-0.39, 0.29) is 0 Å². The van der Waals surface area contributed by atoms with Crippen LogP contribution in [0.25, 0.3) is 53.9 Å². The Kier molecular flexibility index (Phi) is 5.45. The molecule has 2 nitrogen and oxygen atoms in total. The van der Waals surface area contributed by atoms with Gasteiger partial charge >= 0.3 is 7.12 Å². The highest BCUT2D eigenvalue weighted by Crippen LogP contribution is 2.39. The van der Waals surface area contributed by atoms with Crippen LogP contribution in [0.3, 0.4) is 0 Å². The lowest BCUT2D eigenvalue weighted by Crippen LogP contribution is -2.41. The Balaban J connectivity index is 1.81. The minimum atomic E-state index is -0.476. The van der Waals surface area contributed by atoms with Crippen molar-refractivity contribution in [1.29, 1.82) is 0 Å². The SMILES string of the molecule is CC1(C)OB(c2cccc3c4ccccc4c4ccccc4c4ccccc4c4ccccc4c23)OC1(C)C. The van der Waals surface area contributed by atoms with E-state index in [0.29, 0.717) is 0 Å². The summed E-state index contributed by atoms with van der Waals surface area (Å²) in [5.74, 6) is 0. The first kappa shape index (κ1) is 24.1. The van der Waals surface area contributed by atoms with Gasteiger partial charge in [-0.15, -0.1) is 0 Å². The van der Waals surface area contributed by atoms with Gasteiger partial charge in [-0.05, 0) is 87.0 Å². The molecule has 3 heteroatoms. The second-order valence-corrected chi connectivity index (χ2v) is 11.5. The maximum absolute atomic E-state index is 6.65. The van der Waals surface area contributed by atoms with E-state index in [2.05, 4.69) is 143 Å². The quantitative estimate of drug-likeness (QED) is 0.207. The maximum atomic E-state index is 6.65. The van der Waals surface area contributed by atoms with Gasteiger partial charge in [-0.2, -0.15) is 0 Å². The number of hydrogen-bond donors (Lipinski definition) is 0. The van der Waals surface area contributed by atoms with Gasteiger partial charge in [0.25, 0.3) is 0 Å². The lowest BCUT2D eigenvalue weighted by molar-refractivity contribution is 0.00578. The molecule has 0 amide bonds. The predicted octanol–water partition coefficient (Wildman–Crippen LogP) is 8.88. The molecule has 1 aliphatic rings. The van der Waals surface area contributed by atoms with Crippen LogP contribution >= 0.6 is 0 Å². The van der Waals surface area contributed by atoms with Crippen molar-refractivity contribution in [3.8, 4) is 0 Å². The number of hydrogen-bond acceptors (Lipinski definition) is 2. The Hall–Kier alpha value is -3.92. The van der Waals surface area contributed by atoms with Crippen molar-refractivity contribution in [2.24, 2.45) is 0 Å². The van der Waals surface area contributed by atoms with E-state index in [4.69, 9.17) is 9.31 Å². The highest BCUT2D eigenvalue weighted by atomic mass is 16.7. The van der Waals surface area contributed by atoms with E-state index in [9.17, 15) is 0 Å². The predicted molar refractivity (Wildman–Crippen MR) is 167 cm³/mol. The van der Waals surface area contributed by atoms with Crippen LogP contribution in [-0.4, -0.2) is 18.3 Å². The molecule has 1 heterocycles. The Morgan fingerprint density at radius 2 is 0.667 bits per heavy atom. The van der Waals surface area contributed by atoms with Crippen LogP contribution in [0.15, 0.2) is 115 Å². The largest absolute Gasteiger partial charge is 0.495 e. The molecule has 190 valence electrons. The molecular formula is C36H31BO2. The summed E-state index contributed by atoms with van der Waals surface area (Å²) in [5, 5.41) is 12.1. The topological polar surface area (TPSA) is 18.5 Å². The van der Waals surface area contributed by atoms with Crippen LogP contribution in [0, 0.1) is 0 Å². The summed E-state index contributed by atoms with van der Waals surface area (Å²) in [5.41, 5.74) is 0.193. The first-order valence-corrected chi connectivity index (χ1v) is 13.7. The highest BCUT2D eigenvalue weighted by molar-refractivity contribution is 6.66. The molecular weight excluding hydrogens is 475 g/mol. The molecule has 0 atom stereocenters. The third-order valence-electron chi connectivity index (χ3n) is 8.74. The van der Waals surface area contributed by atoms with E-state index >= 15 is 0 Å². The average Bonchev–Trinajstić information content (AvgIpc) is 3.18. The second-order valence-electron chi connectivity index (χ2n) is 11.5. The van der Waals surface area contributed by atoms with Gasteiger partial charge in [0, 0.05) is 0 Å². The van der Waals surface area contributed by atoms with Gasteiger partial charge in [0.1, 0.15) is 0 Å². The van der Waals surface area contributed by atoms with Gasteiger partial charge in [-0.25, -0.2) is 0 Å². The average molecular weight is 506 g/mol. The number of rotatable bonds is 1.